The summed E-state index contributed by atoms with van der Waals surface area (Å²) in [5, 5.41) is 10.3. The molecule has 0 aliphatic rings. The van der Waals surface area contributed by atoms with Crippen molar-refractivity contribution in [1.29, 1.82) is 0 Å². The summed E-state index contributed by atoms with van der Waals surface area (Å²) in [4.78, 5) is 37.2. The van der Waals surface area contributed by atoms with Crippen LogP contribution >= 0.6 is 11.3 Å². The van der Waals surface area contributed by atoms with E-state index in [1.807, 2.05) is 0 Å². The van der Waals surface area contributed by atoms with E-state index in [0.717, 1.165) is 25.9 Å². The Morgan fingerprint density at radius 2 is 1.67 bits per heavy atom. The Hall–Kier alpha value is -4.41. The molecule has 16 heteroatoms. The van der Waals surface area contributed by atoms with Gasteiger partial charge in [0.05, 0.1) is 12.2 Å². The second-order valence-electron chi connectivity index (χ2n) is 10.6. The SMILES string of the molecule is CC(C)(C)OC(=O)N(CC(=O)O)c1cccc(CN(Cc2ccc(-c3nc(C(F)(F)F)cs3)cc2)S(=O)(=O)c2ccccn2)n1. The van der Waals surface area contributed by atoms with Crippen LogP contribution in [0.2, 0.25) is 0 Å². The van der Waals surface area contributed by atoms with E-state index in [-0.39, 0.29) is 34.6 Å². The van der Waals surface area contributed by atoms with Crippen molar-refractivity contribution in [2.45, 2.75) is 50.7 Å². The molecule has 0 unspecified atom stereocenters. The van der Waals surface area contributed by atoms with Gasteiger partial charge in [-0.15, -0.1) is 11.3 Å². The largest absolute Gasteiger partial charge is 0.480 e. The number of ether oxygens (including phenoxy) is 1. The first-order valence-electron chi connectivity index (χ1n) is 13.2. The molecule has 4 rings (SSSR count). The number of benzene rings is 1. The Bertz CT molecular complexity index is 1760. The van der Waals surface area contributed by atoms with Crippen molar-refractivity contribution in [2.24, 2.45) is 0 Å². The van der Waals surface area contributed by atoms with Crippen molar-refractivity contribution >= 4 is 39.2 Å². The molecule has 238 valence electrons. The van der Waals surface area contributed by atoms with Gasteiger partial charge in [-0.3, -0.25) is 9.69 Å². The fourth-order valence-corrected chi connectivity index (χ4v) is 6.09. The molecule has 0 aliphatic carbocycles. The van der Waals surface area contributed by atoms with Crippen molar-refractivity contribution < 1.29 is 41.0 Å². The molecule has 4 aromatic rings. The number of carbonyl (C=O) groups is 2. The number of pyridine rings is 2. The van der Waals surface area contributed by atoms with E-state index in [1.165, 1.54) is 36.5 Å². The van der Waals surface area contributed by atoms with Gasteiger partial charge in [-0.05, 0) is 50.6 Å². The molecule has 0 spiro atoms. The highest BCUT2D eigenvalue weighted by molar-refractivity contribution is 7.89. The van der Waals surface area contributed by atoms with Crippen molar-refractivity contribution in [2.75, 3.05) is 11.4 Å². The normalized spacial score (nSPS) is 12.2. The first-order valence-corrected chi connectivity index (χ1v) is 15.6. The molecule has 3 heterocycles. The maximum absolute atomic E-state index is 13.7. The fourth-order valence-electron chi connectivity index (χ4n) is 3.93. The van der Waals surface area contributed by atoms with Crippen molar-refractivity contribution in [3.63, 3.8) is 0 Å². The highest BCUT2D eigenvalue weighted by atomic mass is 32.2. The number of hydrogen-bond donors (Lipinski definition) is 1. The first-order chi connectivity index (χ1) is 21.0. The highest BCUT2D eigenvalue weighted by Crippen LogP contribution is 2.34. The summed E-state index contributed by atoms with van der Waals surface area (Å²) in [6.07, 6.45) is -4.19. The van der Waals surface area contributed by atoms with Gasteiger partial charge in [-0.1, -0.05) is 36.4 Å². The number of carbonyl (C=O) groups excluding carboxylic acids is 1. The number of halogens is 3. The third-order valence-corrected chi connectivity index (χ3v) is 8.51. The Balaban J connectivity index is 1.65. The molecular formula is C29H28F3N5O6S2. The zero-order valence-corrected chi connectivity index (χ0v) is 25.9. The van der Waals surface area contributed by atoms with E-state index in [0.29, 0.717) is 11.1 Å². The number of aliphatic carboxylic acids is 1. The molecule has 0 fully saturated rings. The molecule has 11 nitrogen and oxygen atoms in total. The molecule has 0 atom stereocenters. The van der Waals surface area contributed by atoms with Gasteiger partial charge in [-0.25, -0.2) is 28.2 Å². The maximum atomic E-state index is 13.7. The van der Waals surface area contributed by atoms with Gasteiger partial charge < -0.3 is 9.84 Å². The van der Waals surface area contributed by atoms with Crippen LogP contribution in [-0.4, -0.2) is 57.0 Å². The first kappa shape index (κ1) is 33.5. The number of amides is 1. The minimum absolute atomic E-state index is 0.0645. The molecule has 0 saturated carbocycles. The van der Waals surface area contributed by atoms with Gasteiger partial charge >= 0.3 is 18.2 Å². The Kier molecular flexibility index (Phi) is 9.89. The lowest BCUT2D eigenvalue weighted by Crippen LogP contribution is -2.40. The number of thiazole rings is 1. The summed E-state index contributed by atoms with van der Waals surface area (Å²) >= 11 is 0.837. The lowest BCUT2D eigenvalue weighted by atomic mass is 10.1. The van der Waals surface area contributed by atoms with Crippen LogP contribution in [0.4, 0.5) is 23.8 Å². The van der Waals surface area contributed by atoms with Gasteiger partial charge in [0.2, 0.25) is 0 Å². The van der Waals surface area contributed by atoms with Gasteiger partial charge in [0.25, 0.3) is 10.0 Å². The number of hydrogen-bond acceptors (Lipinski definition) is 9. The third kappa shape index (κ3) is 8.83. The quantitative estimate of drug-likeness (QED) is 0.222. The summed E-state index contributed by atoms with van der Waals surface area (Å²) in [5.74, 6) is -1.38. The van der Waals surface area contributed by atoms with Crippen LogP contribution in [-0.2, 0) is 38.8 Å². The number of carboxylic acid groups (broad SMARTS) is 1. The van der Waals surface area contributed by atoms with E-state index in [9.17, 15) is 36.3 Å². The van der Waals surface area contributed by atoms with Crippen LogP contribution < -0.4 is 4.90 Å². The van der Waals surface area contributed by atoms with Crippen LogP contribution in [0.3, 0.4) is 0 Å². The number of carboxylic acids is 1. The van der Waals surface area contributed by atoms with Gasteiger partial charge in [0, 0.05) is 23.7 Å². The monoisotopic (exact) mass is 663 g/mol. The summed E-state index contributed by atoms with van der Waals surface area (Å²) in [6.45, 7) is 3.63. The standard InChI is InChI=1S/C29H28F3N5O6S2/c1-28(2,3)43-27(40)37(17-25(38)39)23-8-6-7-21(34-23)16-36(45(41,42)24-9-4-5-14-33-24)15-19-10-12-20(13-11-19)26-35-22(18-44-26)29(30,31)32/h4-14,18H,15-17H2,1-3H3,(H,38,39). The molecular weight excluding hydrogens is 635 g/mol. The van der Waals surface area contributed by atoms with Crippen molar-refractivity contribution in [1.82, 2.24) is 19.3 Å². The van der Waals surface area contributed by atoms with Crippen molar-refractivity contribution in [3.05, 3.63) is 89.2 Å². The van der Waals surface area contributed by atoms with Crippen molar-refractivity contribution in [3.8, 4) is 10.6 Å². The van der Waals surface area contributed by atoms with E-state index in [4.69, 9.17) is 4.74 Å². The van der Waals surface area contributed by atoms with E-state index < -0.39 is 46.1 Å². The van der Waals surface area contributed by atoms with Gasteiger partial charge in [-0.2, -0.15) is 17.5 Å². The predicted octanol–water partition coefficient (Wildman–Crippen LogP) is 5.84. The number of anilines is 1. The molecule has 1 amide bonds. The van der Waals surface area contributed by atoms with E-state index >= 15 is 0 Å². The van der Waals surface area contributed by atoms with Crippen LogP contribution in [0, 0.1) is 0 Å². The smallest absolute Gasteiger partial charge is 0.434 e. The summed E-state index contributed by atoms with van der Waals surface area (Å²) in [5.41, 5.74) is -0.807. The van der Waals surface area contributed by atoms with Crippen LogP contribution in [0.5, 0.6) is 0 Å². The summed E-state index contributed by atoms with van der Waals surface area (Å²) < 4.78 is 72.9. The Morgan fingerprint density at radius 1 is 0.956 bits per heavy atom. The molecule has 0 bridgehead atoms. The predicted molar refractivity (Wildman–Crippen MR) is 159 cm³/mol. The minimum Gasteiger partial charge on any atom is -0.480 e. The molecule has 0 radical (unpaired) electrons. The number of nitrogens with zero attached hydrogens (tertiary/aromatic N) is 5. The summed E-state index contributed by atoms with van der Waals surface area (Å²) in [7, 11) is -4.22. The second-order valence-corrected chi connectivity index (χ2v) is 13.4. The van der Waals surface area contributed by atoms with E-state index in [1.54, 1.807) is 51.1 Å². The van der Waals surface area contributed by atoms with Gasteiger partial charge in [0.15, 0.2) is 10.7 Å². The number of rotatable bonds is 10. The average molecular weight is 664 g/mol. The number of sulfonamides is 1. The van der Waals surface area contributed by atoms with E-state index in [2.05, 4.69) is 15.0 Å². The molecule has 1 aromatic carbocycles. The minimum atomic E-state index is -4.57. The Labute approximate surface area is 261 Å². The average Bonchev–Trinajstić information content (AvgIpc) is 3.47. The molecule has 0 saturated heterocycles. The van der Waals surface area contributed by atoms with Crippen LogP contribution in [0.15, 0.2) is 77.3 Å². The lowest BCUT2D eigenvalue weighted by molar-refractivity contribution is -0.140. The number of alkyl halides is 3. The molecule has 0 aliphatic heterocycles. The van der Waals surface area contributed by atoms with Crippen LogP contribution in [0.1, 0.15) is 37.7 Å². The fraction of sp³-hybridized carbons (Fsp3) is 0.276. The molecule has 1 N–H and O–H groups in total. The number of aromatic nitrogens is 3. The molecule has 45 heavy (non-hydrogen) atoms. The lowest BCUT2D eigenvalue weighted by Gasteiger charge is -2.26. The van der Waals surface area contributed by atoms with Crippen LogP contribution in [0.25, 0.3) is 10.6 Å². The zero-order valence-electron chi connectivity index (χ0n) is 24.2. The van der Waals surface area contributed by atoms with Gasteiger partial charge in [0.1, 0.15) is 23.0 Å². The topological polar surface area (TPSA) is 143 Å². The zero-order chi connectivity index (χ0) is 33.0. The summed E-state index contributed by atoms with van der Waals surface area (Å²) in [6, 6.07) is 15.1. The molecule has 3 aromatic heterocycles. The highest BCUT2D eigenvalue weighted by Gasteiger charge is 2.34. The second kappa shape index (κ2) is 13.3. The maximum Gasteiger partial charge on any atom is 0.434 e. The Morgan fingerprint density at radius 3 is 2.24 bits per heavy atom. The third-order valence-electron chi connectivity index (χ3n) is 5.91.